The average Bonchev–Trinajstić information content (AvgIpc) is 2.54. The van der Waals surface area contributed by atoms with Gasteiger partial charge in [0.1, 0.15) is 5.75 Å². The van der Waals surface area contributed by atoms with Gasteiger partial charge in [-0.25, -0.2) is 4.79 Å². The van der Waals surface area contributed by atoms with Gasteiger partial charge in [0, 0.05) is 31.7 Å². The van der Waals surface area contributed by atoms with E-state index in [-0.39, 0.29) is 12.1 Å². The molecule has 1 fully saturated rings. The molecule has 1 aromatic carbocycles. The van der Waals surface area contributed by atoms with E-state index in [4.69, 9.17) is 4.74 Å². The second kappa shape index (κ2) is 8.20. The van der Waals surface area contributed by atoms with Crippen molar-refractivity contribution in [3.8, 4) is 5.75 Å². The molecule has 1 aliphatic rings. The third kappa shape index (κ3) is 4.61. The van der Waals surface area contributed by atoms with Crippen molar-refractivity contribution < 1.29 is 9.53 Å². The fraction of sp³-hybridized carbons (Fsp3) is 0.611. The molecule has 1 saturated heterocycles. The molecule has 0 aliphatic carbocycles. The van der Waals surface area contributed by atoms with Gasteiger partial charge in [0.15, 0.2) is 0 Å². The summed E-state index contributed by atoms with van der Waals surface area (Å²) in [5, 5.41) is 3.04. The van der Waals surface area contributed by atoms with E-state index in [1.54, 1.807) is 7.11 Å². The number of rotatable bonds is 5. The second-order valence-electron chi connectivity index (χ2n) is 6.60. The number of carbonyl (C=O) groups is 1. The molecule has 1 aliphatic heterocycles. The first-order valence-corrected chi connectivity index (χ1v) is 8.38. The molecule has 1 unspecified atom stereocenters. The number of nitrogens with zero attached hydrogens (tertiary/aromatic N) is 2. The summed E-state index contributed by atoms with van der Waals surface area (Å²) in [6.45, 7) is 7.38. The Bertz CT molecular complexity index is 519. The molecule has 2 rings (SSSR count). The minimum atomic E-state index is 0.0404. The van der Waals surface area contributed by atoms with Gasteiger partial charge in [-0.3, -0.25) is 4.90 Å². The summed E-state index contributed by atoms with van der Waals surface area (Å²) < 4.78 is 5.49. The van der Waals surface area contributed by atoms with E-state index >= 15 is 0 Å². The molecule has 0 spiro atoms. The van der Waals surface area contributed by atoms with Crippen molar-refractivity contribution in [2.24, 2.45) is 5.92 Å². The summed E-state index contributed by atoms with van der Waals surface area (Å²) in [6.07, 6.45) is 1.01. The molecular weight excluding hydrogens is 290 g/mol. The van der Waals surface area contributed by atoms with Gasteiger partial charge in [-0.15, -0.1) is 0 Å². The number of ether oxygens (including phenoxy) is 1. The van der Waals surface area contributed by atoms with Crippen molar-refractivity contribution in [3.05, 3.63) is 29.8 Å². The zero-order valence-corrected chi connectivity index (χ0v) is 14.7. The molecule has 1 atom stereocenters. The van der Waals surface area contributed by atoms with Gasteiger partial charge in [-0.1, -0.05) is 32.0 Å². The van der Waals surface area contributed by atoms with Crippen LogP contribution in [-0.2, 0) is 0 Å². The number of piperazine rings is 1. The number of methoxy groups -OCH3 is 1. The van der Waals surface area contributed by atoms with Gasteiger partial charge < -0.3 is 15.0 Å². The molecule has 0 bridgehead atoms. The normalized spacial score (nSPS) is 19.0. The Morgan fingerprint density at radius 3 is 2.78 bits per heavy atom. The van der Waals surface area contributed by atoms with Crippen molar-refractivity contribution in [1.82, 2.24) is 15.1 Å². The molecule has 128 valence electrons. The van der Waals surface area contributed by atoms with Crippen LogP contribution in [0.25, 0.3) is 0 Å². The predicted octanol–water partition coefficient (Wildman–Crippen LogP) is 2.74. The lowest BCUT2D eigenvalue weighted by molar-refractivity contribution is 0.108. The first-order chi connectivity index (χ1) is 11.0. The first-order valence-electron chi connectivity index (χ1n) is 8.38. The number of benzene rings is 1. The first kappa shape index (κ1) is 17.6. The highest BCUT2D eigenvalue weighted by atomic mass is 16.5. The highest BCUT2D eigenvalue weighted by Gasteiger charge is 2.29. The maximum Gasteiger partial charge on any atom is 0.317 e. The number of urea groups is 1. The standard InChI is InChI=1S/C18H29N3O2/c1-14(2)9-10-19-18(22)21-12-11-20(3)16(13-21)15-7-5-6-8-17(15)23-4/h5-8,14,16H,9-13H2,1-4H3,(H,19,22). The molecule has 1 aromatic rings. The van der Waals surface area contributed by atoms with Gasteiger partial charge in [0.2, 0.25) is 0 Å². The van der Waals surface area contributed by atoms with Crippen LogP contribution in [0.15, 0.2) is 24.3 Å². The van der Waals surface area contributed by atoms with Crippen molar-refractivity contribution in [1.29, 1.82) is 0 Å². The predicted molar refractivity (Wildman–Crippen MR) is 92.8 cm³/mol. The Morgan fingerprint density at radius 2 is 2.09 bits per heavy atom. The SMILES string of the molecule is COc1ccccc1C1CN(C(=O)NCCC(C)C)CCN1C. The van der Waals surface area contributed by atoms with Gasteiger partial charge in [0.25, 0.3) is 0 Å². The van der Waals surface area contributed by atoms with Crippen LogP contribution < -0.4 is 10.1 Å². The van der Waals surface area contributed by atoms with Crippen molar-refractivity contribution in [2.45, 2.75) is 26.3 Å². The number of carbonyl (C=O) groups excluding carboxylic acids is 1. The van der Waals surface area contributed by atoms with Crippen LogP contribution in [0.3, 0.4) is 0 Å². The van der Waals surface area contributed by atoms with E-state index in [1.165, 1.54) is 0 Å². The number of para-hydroxylation sites is 1. The molecule has 0 radical (unpaired) electrons. The maximum absolute atomic E-state index is 12.4. The van der Waals surface area contributed by atoms with Crippen LogP contribution in [0.5, 0.6) is 5.75 Å². The van der Waals surface area contributed by atoms with Crippen molar-refractivity contribution >= 4 is 6.03 Å². The van der Waals surface area contributed by atoms with Crippen LogP contribution in [-0.4, -0.2) is 56.2 Å². The Balaban J connectivity index is 2.02. The molecular formula is C18H29N3O2. The van der Waals surface area contributed by atoms with E-state index in [1.807, 2.05) is 23.1 Å². The van der Waals surface area contributed by atoms with Crippen LogP contribution >= 0.6 is 0 Å². The van der Waals surface area contributed by atoms with Gasteiger partial charge in [0.05, 0.1) is 13.2 Å². The molecule has 0 aromatic heterocycles. The molecule has 5 heteroatoms. The van der Waals surface area contributed by atoms with Gasteiger partial charge >= 0.3 is 6.03 Å². The summed E-state index contributed by atoms with van der Waals surface area (Å²) in [5.41, 5.74) is 1.14. The topological polar surface area (TPSA) is 44.8 Å². The van der Waals surface area contributed by atoms with Crippen molar-refractivity contribution in [2.75, 3.05) is 40.3 Å². The zero-order valence-electron chi connectivity index (χ0n) is 14.7. The van der Waals surface area contributed by atoms with Gasteiger partial charge in [-0.05, 0) is 25.5 Å². The van der Waals surface area contributed by atoms with E-state index in [0.717, 1.165) is 37.4 Å². The fourth-order valence-corrected chi connectivity index (χ4v) is 2.92. The number of hydrogen-bond acceptors (Lipinski definition) is 3. The van der Waals surface area contributed by atoms with Crippen LogP contribution in [0.4, 0.5) is 4.79 Å². The quantitative estimate of drug-likeness (QED) is 0.907. The minimum Gasteiger partial charge on any atom is -0.496 e. The molecule has 1 heterocycles. The largest absolute Gasteiger partial charge is 0.496 e. The highest BCUT2D eigenvalue weighted by molar-refractivity contribution is 5.74. The Kier molecular flexibility index (Phi) is 6.28. The third-order valence-electron chi connectivity index (χ3n) is 4.43. The molecule has 1 N–H and O–H groups in total. The second-order valence-corrected chi connectivity index (χ2v) is 6.60. The summed E-state index contributed by atoms with van der Waals surface area (Å²) in [4.78, 5) is 16.6. The van der Waals surface area contributed by atoms with E-state index in [2.05, 4.69) is 37.2 Å². The summed E-state index contributed by atoms with van der Waals surface area (Å²) >= 11 is 0. The number of nitrogens with one attached hydrogen (secondary N) is 1. The van der Waals surface area contributed by atoms with Crippen molar-refractivity contribution in [3.63, 3.8) is 0 Å². The third-order valence-corrected chi connectivity index (χ3v) is 4.43. The number of amides is 2. The highest BCUT2D eigenvalue weighted by Crippen LogP contribution is 2.31. The Labute approximate surface area is 139 Å². The average molecular weight is 319 g/mol. The van der Waals surface area contributed by atoms with Crippen LogP contribution in [0.2, 0.25) is 0 Å². The molecule has 23 heavy (non-hydrogen) atoms. The lowest BCUT2D eigenvalue weighted by Gasteiger charge is -2.40. The fourth-order valence-electron chi connectivity index (χ4n) is 2.92. The van der Waals surface area contributed by atoms with Crippen LogP contribution in [0, 0.1) is 5.92 Å². The Morgan fingerprint density at radius 1 is 1.35 bits per heavy atom. The van der Waals surface area contributed by atoms with Crippen LogP contribution in [0.1, 0.15) is 31.9 Å². The molecule has 0 saturated carbocycles. The zero-order chi connectivity index (χ0) is 16.8. The lowest BCUT2D eigenvalue weighted by atomic mass is 10.0. The lowest BCUT2D eigenvalue weighted by Crippen LogP contribution is -2.52. The van der Waals surface area contributed by atoms with E-state index in [9.17, 15) is 4.79 Å². The number of hydrogen-bond donors (Lipinski definition) is 1. The summed E-state index contributed by atoms with van der Waals surface area (Å²) in [7, 11) is 3.79. The minimum absolute atomic E-state index is 0.0404. The number of likely N-dealkylation sites (N-methyl/N-ethyl adjacent to an activating group) is 1. The van der Waals surface area contributed by atoms with E-state index < -0.39 is 0 Å². The summed E-state index contributed by atoms with van der Waals surface area (Å²) in [5.74, 6) is 1.48. The van der Waals surface area contributed by atoms with Gasteiger partial charge in [-0.2, -0.15) is 0 Å². The summed E-state index contributed by atoms with van der Waals surface area (Å²) in [6, 6.07) is 8.26. The maximum atomic E-state index is 12.4. The molecule has 2 amide bonds. The smallest absolute Gasteiger partial charge is 0.317 e. The Hall–Kier alpha value is -1.75. The molecule has 5 nitrogen and oxygen atoms in total. The monoisotopic (exact) mass is 319 g/mol. The van der Waals surface area contributed by atoms with E-state index in [0.29, 0.717) is 12.5 Å².